The maximum absolute atomic E-state index is 12.0. The number of carbonyl (C=O) groups is 1. The quantitative estimate of drug-likeness (QED) is 0.402. The lowest BCUT2D eigenvalue weighted by Crippen LogP contribution is -2.33. The summed E-state index contributed by atoms with van der Waals surface area (Å²) in [5.41, 5.74) is 2.95. The number of benzene rings is 1. The first-order chi connectivity index (χ1) is 12.3. The largest absolute Gasteiger partial charge is 0.382 e. The van der Waals surface area contributed by atoms with Crippen LogP contribution < -0.4 is 10.6 Å². The zero-order chi connectivity index (χ0) is 17.9. The minimum absolute atomic E-state index is 0.0390. The van der Waals surface area contributed by atoms with Crippen molar-refractivity contribution in [2.45, 2.75) is 25.8 Å². The van der Waals surface area contributed by atoms with Crippen LogP contribution >= 0.6 is 11.8 Å². The molecule has 0 saturated carbocycles. The number of carbonyl (C=O) groups excluding carboxylic acids is 1. The molecule has 0 aliphatic carbocycles. The summed E-state index contributed by atoms with van der Waals surface area (Å²) in [7, 11) is 0. The van der Waals surface area contributed by atoms with Gasteiger partial charge in [0.2, 0.25) is 5.12 Å². The van der Waals surface area contributed by atoms with Crippen LogP contribution in [0.1, 0.15) is 31.4 Å². The van der Waals surface area contributed by atoms with Gasteiger partial charge in [0.1, 0.15) is 0 Å². The molecule has 0 radical (unpaired) electrons. The number of nitrogens with one attached hydrogen (secondary N) is 2. The van der Waals surface area contributed by atoms with Crippen LogP contribution in [0.15, 0.2) is 46.6 Å². The molecule has 0 saturated heterocycles. The number of hydrogen-bond acceptors (Lipinski definition) is 5. The van der Waals surface area contributed by atoms with Crippen LogP contribution in [0, 0.1) is 0 Å². The third-order valence-electron chi connectivity index (χ3n) is 4.07. The standard InChI is InChI=1S/C19H27N3O2S/c1-3-24-12-10-17(15-7-5-4-6-8-15)21-14-22-18-13-20-11-9-16(18)19(23)25-2/h4-8,14,17,20H,3,9-13H2,1-2H3,(H,21,22). The first kappa shape index (κ1) is 19.7. The molecular formula is C19H27N3O2S. The van der Waals surface area contributed by atoms with Gasteiger partial charge in [-0.25, -0.2) is 0 Å². The molecular weight excluding hydrogens is 334 g/mol. The first-order valence-corrected chi connectivity index (χ1v) is 9.90. The van der Waals surface area contributed by atoms with Crippen molar-refractivity contribution in [3.8, 4) is 0 Å². The van der Waals surface area contributed by atoms with Crippen LogP contribution in [0.4, 0.5) is 0 Å². The van der Waals surface area contributed by atoms with E-state index in [1.54, 1.807) is 6.34 Å². The van der Waals surface area contributed by atoms with E-state index in [4.69, 9.17) is 4.74 Å². The fourth-order valence-electron chi connectivity index (χ4n) is 2.72. The second-order valence-electron chi connectivity index (χ2n) is 5.71. The maximum Gasteiger partial charge on any atom is 0.216 e. The lowest BCUT2D eigenvalue weighted by Gasteiger charge is -2.20. The van der Waals surface area contributed by atoms with E-state index in [9.17, 15) is 4.79 Å². The minimum atomic E-state index is 0.0390. The Bertz CT molecular complexity index is 602. The maximum atomic E-state index is 12.0. The summed E-state index contributed by atoms with van der Waals surface area (Å²) in [4.78, 5) is 16.7. The molecule has 136 valence electrons. The summed E-state index contributed by atoms with van der Waals surface area (Å²) in [6.45, 7) is 4.89. The van der Waals surface area contributed by atoms with Crippen molar-refractivity contribution < 1.29 is 9.53 Å². The van der Waals surface area contributed by atoms with Gasteiger partial charge in [-0.2, -0.15) is 0 Å². The van der Waals surface area contributed by atoms with Crippen LogP contribution in [0.5, 0.6) is 0 Å². The molecule has 2 rings (SSSR count). The topological polar surface area (TPSA) is 62.7 Å². The Labute approximate surface area is 154 Å². The van der Waals surface area contributed by atoms with Crippen molar-refractivity contribution in [2.24, 2.45) is 4.99 Å². The van der Waals surface area contributed by atoms with E-state index < -0.39 is 0 Å². The molecule has 1 heterocycles. The molecule has 2 N–H and O–H groups in total. The van der Waals surface area contributed by atoms with E-state index in [0.717, 1.165) is 36.2 Å². The second kappa shape index (κ2) is 11.1. The lowest BCUT2D eigenvalue weighted by atomic mass is 10.1. The number of nitrogens with zero attached hydrogens (tertiary/aromatic N) is 1. The molecule has 0 fully saturated rings. The predicted octanol–water partition coefficient (Wildman–Crippen LogP) is 2.91. The zero-order valence-electron chi connectivity index (χ0n) is 15.0. The van der Waals surface area contributed by atoms with Gasteiger partial charge >= 0.3 is 0 Å². The van der Waals surface area contributed by atoms with Crippen LogP contribution in [0.2, 0.25) is 0 Å². The van der Waals surface area contributed by atoms with E-state index in [2.05, 4.69) is 27.8 Å². The highest BCUT2D eigenvalue weighted by atomic mass is 32.2. The molecule has 6 heteroatoms. The Morgan fingerprint density at radius 3 is 2.96 bits per heavy atom. The second-order valence-corrected chi connectivity index (χ2v) is 6.49. The Balaban J connectivity index is 2.06. The molecule has 1 aliphatic heterocycles. The Morgan fingerprint density at radius 2 is 2.24 bits per heavy atom. The number of thioether (sulfide) groups is 1. The van der Waals surface area contributed by atoms with Crippen LogP contribution in [-0.2, 0) is 9.53 Å². The Hall–Kier alpha value is -1.63. The normalized spacial score (nSPS) is 16.2. The first-order valence-electron chi connectivity index (χ1n) is 8.68. The van der Waals surface area contributed by atoms with Crippen LogP contribution in [-0.4, -0.2) is 44.0 Å². The van der Waals surface area contributed by atoms with Crippen molar-refractivity contribution in [2.75, 3.05) is 32.6 Å². The molecule has 1 aromatic carbocycles. The summed E-state index contributed by atoms with van der Waals surface area (Å²) in [6.07, 6.45) is 5.12. The van der Waals surface area contributed by atoms with Gasteiger partial charge in [-0.15, -0.1) is 0 Å². The molecule has 25 heavy (non-hydrogen) atoms. The van der Waals surface area contributed by atoms with Gasteiger partial charge in [0.05, 0.1) is 12.4 Å². The summed E-state index contributed by atoms with van der Waals surface area (Å²) in [5.74, 6) is 0. The Morgan fingerprint density at radius 1 is 1.44 bits per heavy atom. The molecule has 0 amide bonds. The van der Waals surface area contributed by atoms with Crippen molar-refractivity contribution in [3.63, 3.8) is 0 Å². The molecule has 1 atom stereocenters. The molecule has 0 bridgehead atoms. The van der Waals surface area contributed by atoms with E-state index in [1.807, 2.05) is 31.4 Å². The van der Waals surface area contributed by atoms with E-state index >= 15 is 0 Å². The van der Waals surface area contributed by atoms with Gasteiger partial charge in [-0.05, 0) is 38.1 Å². The van der Waals surface area contributed by atoms with Crippen molar-refractivity contribution in [1.82, 2.24) is 10.6 Å². The molecule has 1 aliphatic rings. The van der Waals surface area contributed by atoms with Crippen molar-refractivity contribution >= 4 is 23.2 Å². The van der Waals surface area contributed by atoms with Gasteiger partial charge in [0.15, 0.2) is 0 Å². The smallest absolute Gasteiger partial charge is 0.216 e. The zero-order valence-corrected chi connectivity index (χ0v) is 15.8. The summed E-state index contributed by atoms with van der Waals surface area (Å²) >= 11 is 1.26. The molecule has 1 aromatic rings. The third kappa shape index (κ3) is 6.30. The fraction of sp³-hybridized carbons (Fsp3) is 0.474. The number of aliphatic imine (C=N–C) groups is 1. The van der Waals surface area contributed by atoms with Crippen LogP contribution in [0.3, 0.4) is 0 Å². The average molecular weight is 362 g/mol. The average Bonchev–Trinajstić information content (AvgIpc) is 2.67. The Kier molecular flexibility index (Phi) is 8.72. The minimum Gasteiger partial charge on any atom is -0.382 e. The summed E-state index contributed by atoms with van der Waals surface area (Å²) in [6, 6.07) is 10.3. The number of hydrogen-bond donors (Lipinski definition) is 2. The van der Waals surface area contributed by atoms with Gasteiger partial charge < -0.3 is 15.4 Å². The number of rotatable bonds is 9. The molecule has 1 unspecified atom stereocenters. The highest BCUT2D eigenvalue weighted by Gasteiger charge is 2.17. The summed E-state index contributed by atoms with van der Waals surface area (Å²) in [5, 5.41) is 6.65. The molecule has 5 nitrogen and oxygen atoms in total. The van der Waals surface area contributed by atoms with Crippen molar-refractivity contribution in [3.05, 3.63) is 47.2 Å². The molecule has 0 spiro atoms. The van der Waals surface area contributed by atoms with Gasteiger partial charge in [0.25, 0.3) is 0 Å². The van der Waals surface area contributed by atoms with E-state index in [0.29, 0.717) is 19.8 Å². The van der Waals surface area contributed by atoms with Crippen LogP contribution in [0.25, 0.3) is 0 Å². The van der Waals surface area contributed by atoms with Crippen molar-refractivity contribution in [1.29, 1.82) is 0 Å². The van der Waals surface area contributed by atoms with E-state index in [1.165, 1.54) is 11.8 Å². The lowest BCUT2D eigenvalue weighted by molar-refractivity contribution is -0.108. The fourth-order valence-corrected chi connectivity index (χ4v) is 3.19. The third-order valence-corrected chi connectivity index (χ3v) is 4.68. The highest BCUT2D eigenvalue weighted by molar-refractivity contribution is 8.13. The SMILES string of the molecule is CCOCCC(N=CNC1=C(C(=O)SC)CCNC1)c1ccccc1. The van der Waals surface area contributed by atoms with Gasteiger partial charge in [-0.1, -0.05) is 42.1 Å². The number of ether oxygens (including phenoxy) is 1. The van der Waals surface area contributed by atoms with E-state index in [-0.39, 0.29) is 11.2 Å². The monoisotopic (exact) mass is 361 g/mol. The predicted molar refractivity (Wildman–Crippen MR) is 105 cm³/mol. The van der Waals surface area contributed by atoms with Gasteiger partial charge in [-0.3, -0.25) is 9.79 Å². The highest BCUT2D eigenvalue weighted by Crippen LogP contribution is 2.21. The van der Waals surface area contributed by atoms with Gasteiger partial charge in [0, 0.05) is 31.0 Å². The summed E-state index contributed by atoms with van der Waals surface area (Å²) < 4.78 is 5.48. The molecule has 0 aromatic heterocycles.